The van der Waals surface area contributed by atoms with E-state index in [9.17, 15) is 8.42 Å². The van der Waals surface area contributed by atoms with Gasteiger partial charge >= 0.3 is 0 Å². The van der Waals surface area contributed by atoms with Gasteiger partial charge in [0.15, 0.2) is 0 Å². The summed E-state index contributed by atoms with van der Waals surface area (Å²) in [6.45, 7) is 1.46. The number of rotatable bonds is 4. The van der Waals surface area contributed by atoms with Gasteiger partial charge in [-0.3, -0.25) is 0 Å². The third kappa shape index (κ3) is 2.50. The predicted octanol–water partition coefficient (Wildman–Crippen LogP) is 1.64. The lowest BCUT2D eigenvalue weighted by molar-refractivity contribution is 0.299. The molecule has 4 nitrogen and oxygen atoms in total. The Morgan fingerprint density at radius 3 is 2.25 bits per heavy atom. The Kier molecular flexibility index (Phi) is 3.84. The van der Waals surface area contributed by atoms with Crippen LogP contribution in [0.3, 0.4) is 0 Å². The Morgan fingerprint density at radius 1 is 1.10 bits per heavy atom. The molecule has 2 atom stereocenters. The third-order valence-corrected chi connectivity index (χ3v) is 6.50. The molecule has 0 aromatic heterocycles. The highest BCUT2D eigenvalue weighted by Crippen LogP contribution is 2.39. The minimum absolute atomic E-state index is 0.0849. The maximum Gasteiger partial charge on any atom is 0.243 e. The zero-order valence-electron chi connectivity index (χ0n) is 11.5. The number of fused-ring (bicyclic) bond motifs is 1. The van der Waals surface area contributed by atoms with E-state index in [0.29, 0.717) is 36.2 Å². The van der Waals surface area contributed by atoms with Crippen LogP contribution in [-0.2, 0) is 16.4 Å². The Hall–Kier alpha value is -0.910. The average Bonchev–Trinajstić information content (AvgIpc) is 3.00. The van der Waals surface area contributed by atoms with Gasteiger partial charge < -0.3 is 5.11 Å². The first-order valence-electron chi connectivity index (χ1n) is 7.31. The van der Waals surface area contributed by atoms with E-state index in [-0.39, 0.29) is 6.61 Å². The van der Waals surface area contributed by atoms with Crippen LogP contribution in [0.25, 0.3) is 0 Å². The van der Waals surface area contributed by atoms with Crippen LogP contribution in [0, 0.1) is 11.8 Å². The Morgan fingerprint density at radius 2 is 1.70 bits per heavy atom. The fourth-order valence-corrected chi connectivity index (χ4v) is 5.05. The van der Waals surface area contributed by atoms with E-state index in [0.717, 1.165) is 5.56 Å². The lowest BCUT2D eigenvalue weighted by Crippen LogP contribution is -2.29. The topological polar surface area (TPSA) is 57.6 Å². The maximum atomic E-state index is 12.6. The maximum absolute atomic E-state index is 12.6. The Balaban J connectivity index is 1.78. The fourth-order valence-electron chi connectivity index (χ4n) is 3.49. The van der Waals surface area contributed by atoms with E-state index in [1.165, 1.54) is 19.3 Å². The molecule has 0 amide bonds. The van der Waals surface area contributed by atoms with Gasteiger partial charge in [-0.25, -0.2) is 8.42 Å². The van der Waals surface area contributed by atoms with Crippen molar-refractivity contribution < 1.29 is 13.5 Å². The first-order valence-corrected chi connectivity index (χ1v) is 8.75. The second-order valence-corrected chi connectivity index (χ2v) is 7.83. The Labute approximate surface area is 120 Å². The molecule has 5 heteroatoms. The summed E-state index contributed by atoms with van der Waals surface area (Å²) >= 11 is 0. The SMILES string of the molecule is O=S(=O)(c1ccc(CCO)cc1)N1CC2CCCC2C1. The molecule has 1 aliphatic heterocycles. The van der Waals surface area contributed by atoms with Crippen molar-refractivity contribution in [1.82, 2.24) is 4.31 Å². The van der Waals surface area contributed by atoms with Crippen LogP contribution in [0.2, 0.25) is 0 Å². The average molecular weight is 295 g/mol. The summed E-state index contributed by atoms with van der Waals surface area (Å²) in [6.07, 6.45) is 4.16. The molecule has 2 aliphatic rings. The van der Waals surface area contributed by atoms with Crippen molar-refractivity contribution in [3.8, 4) is 0 Å². The van der Waals surface area contributed by atoms with E-state index in [1.54, 1.807) is 28.6 Å². The van der Waals surface area contributed by atoms with E-state index in [1.807, 2.05) is 0 Å². The normalized spacial score (nSPS) is 26.9. The summed E-state index contributed by atoms with van der Waals surface area (Å²) in [6, 6.07) is 6.91. The van der Waals surface area contributed by atoms with E-state index in [4.69, 9.17) is 5.11 Å². The van der Waals surface area contributed by atoms with Crippen molar-refractivity contribution in [2.24, 2.45) is 11.8 Å². The molecule has 1 saturated carbocycles. The molecule has 2 unspecified atom stereocenters. The highest BCUT2D eigenvalue weighted by molar-refractivity contribution is 7.89. The number of nitrogens with zero attached hydrogens (tertiary/aromatic N) is 1. The molecule has 1 aromatic carbocycles. The van der Waals surface area contributed by atoms with Crippen LogP contribution in [0.1, 0.15) is 24.8 Å². The van der Waals surface area contributed by atoms with Gasteiger partial charge in [0.2, 0.25) is 10.0 Å². The zero-order valence-corrected chi connectivity index (χ0v) is 12.3. The van der Waals surface area contributed by atoms with Crippen LogP contribution in [0.5, 0.6) is 0 Å². The molecule has 1 heterocycles. The Bertz CT molecular complexity index is 555. The molecule has 1 saturated heterocycles. The molecular formula is C15H21NO3S. The summed E-state index contributed by atoms with van der Waals surface area (Å²) in [5, 5.41) is 8.89. The number of benzene rings is 1. The van der Waals surface area contributed by atoms with Gasteiger partial charge in [-0.15, -0.1) is 0 Å². The van der Waals surface area contributed by atoms with Crippen LogP contribution in [-0.4, -0.2) is 37.5 Å². The summed E-state index contributed by atoms with van der Waals surface area (Å²) in [5.41, 5.74) is 0.963. The second-order valence-electron chi connectivity index (χ2n) is 5.89. The van der Waals surface area contributed by atoms with Gasteiger partial charge in [-0.2, -0.15) is 4.31 Å². The summed E-state index contributed by atoms with van der Waals surface area (Å²) in [5.74, 6) is 1.14. The van der Waals surface area contributed by atoms with Crippen molar-refractivity contribution in [3.05, 3.63) is 29.8 Å². The van der Waals surface area contributed by atoms with Crippen molar-refractivity contribution in [2.75, 3.05) is 19.7 Å². The molecule has 20 heavy (non-hydrogen) atoms. The number of aliphatic hydroxyl groups excluding tert-OH is 1. The minimum atomic E-state index is -3.34. The van der Waals surface area contributed by atoms with E-state index < -0.39 is 10.0 Å². The van der Waals surface area contributed by atoms with Gasteiger partial charge in [-0.1, -0.05) is 18.6 Å². The van der Waals surface area contributed by atoms with Gasteiger partial charge in [-0.05, 0) is 48.8 Å². The number of hydrogen-bond donors (Lipinski definition) is 1. The molecule has 1 aromatic rings. The van der Waals surface area contributed by atoms with Gasteiger partial charge in [0.1, 0.15) is 0 Å². The lowest BCUT2D eigenvalue weighted by Gasteiger charge is -2.17. The molecule has 2 fully saturated rings. The van der Waals surface area contributed by atoms with E-state index >= 15 is 0 Å². The quantitative estimate of drug-likeness (QED) is 0.919. The molecule has 0 spiro atoms. The smallest absolute Gasteiger partial charge is 0.243 e. The summed E-state index contributed by atoms with van der Waals surface area (Å²) in [4.78, 5) is 0.374. The molecule has 1 N–H and O–H groups in total. The standard InChI is InChI=1S/C15H21NO3S/c17-9-8-12-4-6-15(7-5-12)20(18,19)16-10-13-2-1-3-14(13)11-16/h4-7,13-14,17H,1-3,8-11H2. The minimum Gasteiger partial charge on any atom is -0.396 e. The third-order valence-electron chi connectivity index (χ3n) is 4.65. The monoisotopic (exact) mass is 295 g/mol. The molecule has 3 rings (SSSR count). The molecule has 0 bridgehead atoms. The first-order chi connectivity index (χ1) is 9.61. The van der Waals surface area contributed by atoms with Crippen LogP contribution in [0.4, 0.5) is 0 Å². The van der Waals surface area contributed by atoms with Gasteiger partial charge in [0.05, 0.1) is 4.90 Å². The molecule has 1 aliphatic carbocycles. The molecule has 0 radical (unpaired) electrons. The first kappa shape index (κ1) is 14.0. The highest BCUT2D eigenvalue weighted by atomic mass is 32.2. The highest BCUT2D eigenvalue weighted by Gasteiger charge is 2.41. The molecular weight excluding hydrogens is 274 g/mol. The zero-order chi connectivity index (χ0) is 14.2. The van der Waals surface area contributed by atoms with Crippen molar-refractivity contribution in [2.45, 2.75) is 30.6 Å². The van der Waals surface area contributed by atoms with Gasteiger partial charge in [0.25, 0.3) is 0 Å². The summed E-state index contributed by atoms with van der Waals surface area (Å²) in [7, 11) is -3.34. The van der Waals surface area contributed by atoms with Crippen LogP contribution >= 0.6 is 0 Å². The van der Waals surface area contributed by atoms with Crippen molar-refractivity contribution >= 4 is 10.0 Å². The number of hydrogen-bond acceptors (Lipinski definition) is 3. The largest absolute Gasteiger partial charge is 0.396 e. The number of sulfonamides is 1. The second kappa shape index (κ2) is 5.47. The predicted molar refractivity (Wildman–Crippen MR) is 76.8 cm³/mol. The van der Waals surface area contributed by atoms with Crippen molar-refractivity contribution in [3.63, 3.8) is 0 Å². The summed E-state index contributed by atoms with van der Waals surface area (Å²) < 4.78 is 26.9. The fraction of sp³-hybridized carbons (Fsp3) is 0.600. The number of aliphatic hydroxyl groups is 1. The van der Waals surface area contributed by atoms with Crippen molar-refractivity contribution in [1.29, 1.82) is 0 Å². The van der Waals surface area contributed by atoms with Gasteiger partial charge in [0, 0.05) is 19.7 Å². The molecule has 110 valence electrons. The van der Waals surface area contributed by atoms with E-state index in [2.05, 4.69) is 0 Å². The van der Waals surface area contributed by atoms with Crippen LogP contribution in [0.15, 0.2) is 29.2 Å². The van der Waals surface area contributed by atoms with Crippen LogP contribution < -0.4 is 0 Å². The lowest BCUT2D eigenvalue weighted by atomic mass is 10.0.